The van der Waals surface area contributed by atoms with E-state index in [0.717, 1.165) is 47.5 Å². The van der Waals surface area contributed by atoms with E-state index in [0.29, 0.717) is 15.9 Å². The van der Waals surface area contributed by atoms with Gasteiger partial charge in [0.05, 0.1) is 15.9 Å². The van der Waals surface area contributed by atoms with Crippen molar-refractivity contribution in [2.24, 2.45) is 0 Å². The molecule has 0 saturated heterocycles. The Morgan fingerprint density at radius 1 is 1.27 bits per heavy atom. The summed E-state index contributed by atoms with van der Waals surface area (Å²) in [6.07, 6.45) is 15.2. The SMILES string of the molecule is Cc1nc2s/c(=C\c3cn(C4=CCCCC4)nc3C3=CCC(F)C=C3)c(=O)n2c1C. The molecule has 0 spiro atoms. The fraction of sp³-hybridized carbons (Fsp3) is 0.348. The molecule has 0 aromatic carbocycles. The van der Waals surface area contributed by atoms with Crippen molar-refractivity contribution in [3.05, 3.63) is 68.0 Å². The van der Waals surface area contributed by atoms with Gasteiger partial charge in [-0.1, -0.05) is 29.6 Å². The van der Waals surface area contributed by atoms with Crippen LogP contribution in [0.4, 0.5) is 4.39 Å². The minimum Gasteiger partial charge on any atom is -0.267 e. The Hall–Kier alpha value is -2.80. The van der Waals surface area contributed by atoms with Crippen molar-refractivity contribution in [2.75, 3.05) is 0 Å². The minimum atomic E-state index is -0.950. The lowest BCUT2D eigenvalue weighted by atomic mass is 10.0. The Labute approximate surface area is 177 Å². The summed E-state index contributed by atoms with van der Waals surface area (Å²) < 4.78 is 17.8. The molecule has 30 heavy (non-hydrogen) atoms. The van der Waals surface area contributed by atoms with E-state index >= 15 is 0 Å². The molecule has 3 heterocycles. The highest BCUT2D eigenvalue weighted by molar-refractivity contribution is 7.15. The average molecular weight is 423 g/mol. The number of aryl methyl sites for hydroxylation is 2. The highest BCUT2D eigenvalue weighted by atomic mass is 32.1. The Morgan fingerprint density at radius 2 is 2.13 bits per heavy atom. The third-order valence-electron chi connectivity index (χ3n) is 5.84. The molecule has 0 bridgehead atoms. The molecule has 2 aliphatic carbocycles. The fourth-order valence-corrected chi connectivity index (χ4v) is 5.09. The first kappa shape index (κ1) is 19.2. The number of nitrogens with zero attached hydrogens (tertiary/aromatic N) is 4. The maximum absolute atomic E-state index is 13.6. The summed E-state index contributed by atoms with van der Waals surface area (Å²) in [5.74, 6) is 0. The van der Waals surface area contributed by atoms with Crippen LogP contribution in [0.3, 0.4) is 0 Å². The van der Waals surface area contributed by atoms with Gasteiger partial charge in [-0.15, -0.1) is 0 Å². The van der Waals surface area contributed by atoms with Gasteiger partial charge in [0.2, 0.25) is 0 Å². The number of allylic oxidation sites excluding steroid dienone is 6. The van der Waals surface area contributed by atoms with Crippen molar-refractivity contribution in [3.8, 4) is 0 Å². The molecule has 3 aromatic heterocycles. The first-order valence-electron chi connectivity index (χ1n) is 10.3. The second-order valence-electron chi connectivity index (χ2n) is 7.91. The summed E-state index contributed by atoms with van der Waals surface area (Å²) in [5.41, 5.74) is 5.42. The average Bonchev–Trinajstić information content (AvgIpc) is 3.39. The molecule has 5 rings (SSSR count). The summed E-state index contributed by atoms with van der Waals surface area (Å²) >= 11 is 1.39. The lowest BCUT2D eigenvalue weighted by Crippen LogP contribution is -2.23. The summed E-state index contributed by atoms with van der Waals surface area (Å²) in [7, 11) is 0. The largest absolute Gasteiger partial charge is 0.274 e. The van der Waals surface area contributed by atoms with Gasteiger partial charge in [0.1, 0.15) is 6.17 Å². The molecule has 0 amide bonds. The molecule has 154 valence electrons. The Bertz CT molecular complexity index is 1340. The van der Waals surface area contributed by atoms with E-state index < -0.39 is 6.17 Å². The number of hydrogen-bond acceptors (Lipinski definition) is 4. The van der Waals surface area contributed by atoms with Gasteiger partial charge in [-0.25, -0.2) is 14.1 Å². The number of rotatable bonds is 3. The molecule has 7 heteroatoms. The van der Waals surface area contributed by atoms with Crippen molar-refractivity contribution in [3.63, 3.8) is 0 Å². The normalized spacial score (nSPS) is 20.1. The van der Waals surface area contributed by atoms with Crippen molar-refractivity contribution in [1.82, 2.24) is 19.2 Å². The number of hydrogen-bond donors (Lipinski definition) is 0. The van der Waals surface area contributed by atoms with Gasteiger partial charge in [-0.05, 0) is 57.3 Å². The second-order valence-corrected chi connectivity index (χ2v) is 8.91. The topological polar surface area (TPSA) is 52.2 Å². The van der Waals surface area contributed by atoms with Crippen molar-refractivity contribution in [1.29, 1.82) is 0 Å². The zero-order valence-corrected chi connectivity index (χ0v) is 17.9. The van der Waals surface area contributed by atoms with E-state index in [4.69, 9.17) is 5.10 Å². The second kappa shape index (κ2) is 7.47. The van der Waals surface area contributed by atoms with Gasteiger partial charge < -0.3 is 0 Å². The van der Waals surface area contributed by atoms with E-state index in [9.17, 15) is 9.18 Å². The third-order valence-corrected chi connectivity index (χ3v) is 6.81. The van der Waals surface area contributed by atoms with Crippen molar-refractivity contribution >= 4 is 33.6 Å². The van der Waals surface area contributed by atoms with Gasteiger partial charge in [0.25, 0.3) is 5.56 Å². The summed E-state index contributed by atoms with van der Waals surface area (Å²) in [5, 5.41) is 4.84. The number of aromatic nitrogens is 4. The minimum absolute atomic E-state index is 0.0549. The molecule has 2 aliphatic rings. The first-order chi connectivity index (χ1) is 14.5. The molecule has 1 unspecified atom stereocenters. The van der Waals surface area contributed by atoms with E-state index in [-0.39, 0.29) is 5.56 Å². The lowest BCUT2D eigenvalue weighted by molar-refractivity contribution is 0.402. The van der Waals surface area contributed by atoms with E-state index in [1.54, 1.807) is 16.6 Å². The molecule has 1 atom stereocenters. The smallest absolute Gasteiger partial charge is 0.267 e. The first-order valence-corrected chi connectivity index (χ1v) is 11.1. The quantitative estimate of drug-likeness (QED) is 0.635. The molecule has 3 aromatic rings. The Kier molecular flexibility index (Phi) is 4.77. The summed E-state index contributed by atoms with van der Waals surface area (Å²) in [6, 6.07) is 0. The van der Waals surface area contributed by atoms with Crippen LogP contribution in [0.1, 0.15) is 54.7 Å². The van der Waals surface area contributed by atoms with Crippen LogP contribution in [0, 0.1) is 13.8 Å². The van der Waals surface area contributed by atoms with Crippen LogP contribution in [0.15, 0.2) is 35.3 Å². The maximum Gasteiger partial charge on any atom is 0.274 e. The maximum atomic E-state index is 13.6. The van der Waals surface area contributed by atoms with Crippen LogP contribution in [-0.2, 0) is 0 Å². The monoisotopic (exact) mass is 422 g/mol. The van der Waals surface area contributed by atoms with Crippen LogP contribution in [0.25, 0.3) is 22.3 Å². The van der Waals surface area contributed by atoms with E-state index in [1.165, 1.54) is 23.5 Å². The third kappa shape index (κ3) is 3.27. The number of fused-ring (bicyclic) bond motifs is 1. The van der Waals surface area contributed by atoms with Crippen LogP contribution < -0.4 is 10.1 Å². The van der Waals surface area contributed by atoms with Gasteiger partial charge in [-0.3, -0.25) is 9.20 Å². The number of thiazole rings is 1. The fourth-order valence-electron chi connectivity index (χ4n) is 4.04. The molecule has 0 aliphatic heterocycles. The van der Waals surface area contributed by atoms with Gasteiger partial charge in [0.15, 0.2) is 4.96 Å². The Morgan fingerprint density at radius 3 is 2.83 bits per heavy atom. The van der Waals surface area contributed by atoms with Crippen molar-refractivity contribution < 1.29 is 4.39 Å². The van der Waals surface area contributed by atoms with Gasteiger partial charge in [0, 0.05) is 29.6 Å². The van der Waals surface area contributed by atoms with Crippen LogP contribution in [-0.4, -0.2) is 25.3 Å². The van der Waals surface area contributed by atoms with Crippen molar-refractivity contribution in [2.45, 2.75) is 52.1 Å². The van der Waals surface area contributed by atoms with Gasteiger partial charge in [-0.2, -0.15) is 5.10 Å². The van der Waals surface area contributed by atoms with E-state index in [1.807, 2.05) is 36.9 Å². The molecule has 0 N–H and O–H groups in total. The number of halogens is 1. The highest BCUT2D eigenvalue weighted by Crippen LogP contribution is 2.28. The standard InChI is InChI=1S/C23H23FN4OS/c1-14-15(2)28-22(29)20(30-23(28)25-14)12-17-13-27(19-6-4-3-5-7-19)26-21(17)16-8-10-18(24)11-9-16/h6,8-10,12-13,18H,3-5,7,11H2,1-2H3/b20-12-. The predicted molar refractivity (Wildman–Crippen MR) is 119 cm³/mol. The molecule has 0 fully saturated rings. The number of imidazole rings is 1. The molecular formula is C23H23FN4OS. The molecule has 5 nitrogen and oxygen atoms in total. The molecule has 0 saturated carbocycles. The highest BCUT2D eigenvalue weighted by Gasteiger charge is 2.18. The van der Waals surface area contributed by atoms with Crippen LogP contribution >= 0.6 is 11.3 Å². The molecule has 0 radical (unpaired) electrons. The number of alkyl halides is 1. The summed E-state index contributed by atoms with van der Waals surface area (Å²) in [4.78, 5) is 18.2. The zero-order valence-electron chi connectivity index (χ0n) is 17.1. The van der Waals surface area contributed by atoms with E-state index in [2.05, 4.69) is 11.1 Å². The van der Waals surface area contributed by atoms with Crippen LogP contribution in [0.2, 0.25) is 0 Å². The predicted octanol–water partition coefficient (Wildman–Crippen LogP) is 4.21. The van der Waals surface area contributed by atoms with Crippen LogP contribution in [0.5, 0.6) is 0 Å². The summed E-state index contributed by atoms with van der Waals surface area (Å²) in [6.45, 7) is 3.83. The lowest BCUT2D eigenvalue weighted by Gasteiger charge is -2.12. The molecular weight excluding hydrogens is 399 g/mol. The zero-order chi connectivity index (χ0) is 20.8. The Balaban J connectivity index is 1.67. The van der Waals surface area contributed by atoms with Gasteiger partial charge >= 0.3 is 0 Å².